The summed E-state index contributed by atoms with van der Waals surface area (Å²) in [6.07, 6.45) is 3.63. The minimum atomic E-state index is -0.171. The first kappa shape index (κ1) is 19.6. The van der Waals surface area contributed by atoms with Gasteiger partial charge in [0, 0.05) is 30.2 Å². The maximum absolute atomic E-state index is 12.3. The molecular formula is C20H23ClN6O2. The number of carbonyl (C=O) groups excluding carboxylic acids is 1. The number of ether oxygens (including phenoxy) is 1. The number of fused-ring (bicyclic) bond motifs is 1. The first-order chi connectivity index (χ1) is 14.0. The minimum absolute atomic E-state index is 0.139. The lowest BCUT2D eigenvalue weighted by Crippen LogP contribution is -2.45. The van der Waals surface area contributed by atoms with Crippen LogP contribution in [0.15, 0.2) is 36.8 Å². The number of carbonyl (C=O) groups is 1. The third-order valence-electron chi connectivity index (χ3n) is 4.83. The Hall–Kier alpha value is -2.71. The van der Waals surface area contributed by atoms with Gasteiger partial charge >= 0.3 is 0 Å². The van der Waals surface area contributed by atoms with Crippen molar-refractivity contribution >= 4 is 34.4 Å². The van der Waals surface area contributed by atoms with Crippen LogP contribution in [0.2, 0.25) is 5.02 Å². The van der Waals surface area contributed by atoms with Crippen molar-refractivity contribution in [2.24, 2.45) is 0 Å². The highest BCUT2D eigenvalue weighted by atomic mass is 35.5. The molecule has 9 heteroatoms. The van der Waals surface area contributed by atoms with Crippen LogP contribution < -0.4 is 10.2 Å². The summed E-state index contributed by atoms with van der Waals surface area (Å²) in [5, 5.41) is 8.78. The van der Waals surface area contributed by atoms with Crippen molar-refractivity contribution in [3.05, 3.63) is 47.4 Å². The van der Waals surface area contributed by atoms with Gasteiger partial charge in [0.15, 0.2) is 5.65 Å². The Labute approximate surface area is 173 Å². The van der Waals surface area contributed by atoms with E-state index in [-0.39, 0.29) is 18.1 Å². The number of nitrogens with zero attached hydrogens (tertiary/aromatic N) is 5. The molecule has 1 N–H and O–H groups in total. The van der Waals surface area contributed by atoms with Gasteiger partial charge in [-0.15, -0.1) is 0 Å². The van der Waals surface area contributed by atoms with Gasteiger partial charge in [-0.2, -0.15) is 5.10 Å². The van der Waals surface area contributed by atoms with Crippen LogP contribution in [0.4, 0.5) is 5.82 Å². The molecule has 29 heavy (non-hydrogen) atoms. The maximum Gasteiger partial charge on any atom is 0.251 e. The summed E-state index contributed by atoms with van der Waals surface area (Å²) in [6.45, 7) is 6.60. The van der Waals surface area contributed by atoms with Gasteiger partial charge in [-0.3, -0.25) is 4.79 Å². The molecule has 0 radical (unpaired) electrons. The van der Waals surface area contributed by atoms with Crippen LogP contribution in [-0.2, 0) is 11.3 Å². The lowest BCUT2D eigenvalue weighted by Gasteiger charge is -2.36. The molecular weight excluding hydrogens is 392 g/mol. The van der Waals surface area contributed by atoms with E-state index in [9.17, 15) is 4.79 Å². The van der Waals surface area contributed by atoms with Gasteiger partial charge in [0.1, 0.15) is 12.1 Å². The third kappa shape index (κ3) is 4.33. The number of anilines is 1. The number of benzene rings is 1. The van der Waals surface area contributed by atoms with Crippen LogP contribution in [0.5, 0.6) is 0 Å². The molecule has 1 amide bonds. The number of nitrogens with one attached hydrogen (secondary N) is 1. The molecule has 3 heterocycles. The molecule has 1 aliphatic rings. The zero-order valence-electron chi connectivity index (χ0n) is 16.4. The minimum Gasteiger partial charge on any atom is -0.372 e. The Balaban J connectivity index is 1.46. The van der Waals surface area contributed by atoms with E-state index in [1.807, 2.05) is 0 Å². The fourth-order valence-corrected chi connectivity index (χ4v) is 3.84. The molecule has 8 nitrogen and oxygen atoms in total. The average molecular weight is 415 g/mol. The molecule has 152 valence electrons. The van der Waals surface area contributed by atoms with E-state index in [2.05, 4.69) is 39.1 Å². The van der Waals surface area contributed by atoms with Gasteiger partial charge in [-0.25, -0.2) is 14.6 Å². The highest BCUT2D eigenvalue weighted by Gasteiger charge is 2.25. The summed E-state index contributed by atoms with van der Waals surface area (Å²) in [7, 11) is 0. The van der Waals surface area contributed by atoms with Gasteiger partial charge in [0.05, 0.1) is 30.3 Å². The van der Waals surface area contributed by atoms with E-state index in [0.717, 1.165) is 29.9 Å². The Bertz CT molecular complexity index is 1010. The van der Waals surface area contributed by atoms with Crippen LogP contribution >= 0.6 is 11.6 Å². The molecule has 1 saturated heterocycles. The smallest absolute Gasteiger partial charge is 0.251 e. The molecule has 1 fully saturated rings. The fourth-order valence-electron chi connectivity index (χ4n) is 3.65. The van der Waals surface area contributed by atoms with Crippen molar-refractivity contribution in [2.75, 3.05) is 24.5 Å². The van der Waals surface area contributed by atoms with Crippen LogP contribution in [-0.4, -0.2) is 57.5 Å². The van der Waals surface area contributed by atoms with Crippen LogP contribution in [0.1, 0.15) is 24.2 Å². The summed E-state index contributed by atoms with van der Waals surface area (Å²) in [5.74, 6) is 0.696. The summed E-state index contributed by atoms with van der Waals surface area (Å²) in [5.41, 5.74) is 1.28. The van der Waals surface area contributed by atoms with Crippen molar-refractivity contribution in [2.45, 2.75) is 32.6 Å². The predicted octanol–water partition coefficient (Wildman–Crippen LogP) is 2.52. The van der Waals surface area contributed by atoms with Crippen LogP contribution in [0.25, 0.3) is 11.0 Å². The lowest BCUT2D eigenvalue weighted by atomic mass is 10.2. The highest BCUT2D eigenvalue weighted by Crippen LogP contribution is 2.25. The molecule has 2 atom stereocenters. The third-order valence-corrected chi connectivity index (χ3v) is 5.06. The van der Waals surface area contributed by atoms with E-state index < -0.39 is 0 Å². The number of hydrogen-bond acceptors (Lipinski definition) is 6. The number of morpholine rings is 1. The van der Waals surface area contributed by atoms with Crippen molar-refractivity contribution in [3.8, 4) is 0 Å². The van der Waals surface area contributed by atoms with Crippen LogP contribution in [0.3, 0.4) is 0 Å². The zero-order valence-corrected chi connectivity index (χ0v) is 17.1. The van der Waals surface area contributed by atoms with Crippen molar-refractivity contribution in [3.63, 3.8) is 0 Å². The molecule has 0 spiro atoms. The number of hydrogen-bond donors (Lipinski definition) is 1. The molecule has 4 rings (SSSR count). The van der Waals surface area contributed by atoms with Gasteiger partial charge in [0.25, 0.3) is 5.91 Å². The normalized spacial score (nSPS) is 19.5. The Kier molecular flexibility index (Phi) is 5.64. The molecule has 0 unspecified atom stereocenters. The highest BCUT2D eigenvalue weighted by molar-refractivity contribution is 6.30. The monoisotopic (exact) mass is 414 g/mol. The summed E-state index contributed by atoms with van der Waals surface area (Å²) >= 11 is 5.95. The van der Waals surface area contributed by atoms with E-state index in [4.69, 9.17) is 16.3 Å². The Morgan fingerprint density at radius 3 is 2.83 bits per heavy atom. The molecule has 0 aliphatic carbocycles. The molecule has 3 aromatic rings. The van der Waals surface area contributed by atoms with E-state index in [1.165, 1.54) is 0 Å². The number of amides is 1. The number of aromatic nitrogens is 4. The van der Waals surface area contributed by atoms with Gasteiger partial charge in [-0.05, 0) is 32.0 Å². The summed E-state index contributed by atoms with van der Waals surface area (Å²) in [6, 6.07) is 6.86. The zero-order chi connectivity index (χ0) is 20.4. The largest absolute Gasteiger partial charge is 0.372 e. The molecule has 2 aromatic heterocycles. The van der Waals surface area contributed by atoms with E-state index in [0.29, 0.717) is 23.7 Å². The van der Waals surface area contributed by atoms with Crippen molar-refractivity contribution in [1.29, 1.82) is 0 Å². The average Bonchev–Trinajstić information content (AvgIpc) is 3.10. The molecule has 1 aliphatic heterocycles. The summed E-state index contributed by atoms with van der Waals surface area (Å²) in [4.78, 5) is 23.4. The second kappa shape index (κ2) is 8.34. The number of halogens is 1. The number of rotatable bonds is 5. The lowest BCUT2D eigenvalue weighted by molar-refractivity contribution is -0.00537. The maximum atomic E-state index is 12.3. The summed E-state index contributed by atoms with van der Waals surface area (Å²) < 4.78 is 7.60. The fraction of sp³-hybridized carbons (Fsp3) is 0.400. The van der Waals surface area contributed by atoms with Gasteiger partial charge in [-0.1, -0.05) is 17.7 Å². The standard InChI is InChI=1S/C20H23ClN6O2/c1-13-10-26(11-14(2)29-13)18-17-9-25-27(19(17)24-12-23-18)7-6-22-20(28)15-4-3-5-16(21)8-15/h3-5,8-9,12-14H,6-7,10-11H2,1-2H3,(H,22,28)/t13-,14+. The molecule has 0 bridgehead atoms. The topological polar surface area (TPSA) is 85.2 Å². The quantitative estimate of drug-likeness (QED) is 0.690. The second-order valence-electron chi connectivity index (χ2n) is 7.23. The van der Waals surface area contributed by atoms with Gasteiger partial charge < -0.3 is 15.0 Å². The van der Waals surface area contributed by atoms with Crippen LogP contribution in [0, 0.1) is 0 Å². The first-order valence-corrected chi connectivity index (χ1v) is 9.99. The van der Waals surface area contributed by atoms with Crippen molar-refractivity contribution < 1.29 is 9.53 Å². The first-order valence-electron chi connectivity index (χ1n) is 9.62. The molecule has 0 saturated carbocycles. The van der Waals surface area contributed by atoms with Crippen molar-refractivity contribution in [1.82, 2.24) is 25.1 Å². The van der Waals surface area contributed by atoms with Gasteiger partial charge in [0.2, 0.25) is 0 Å². The Morgan fingerprint density at radius 2 is 2.07 bits per heavy atom. The van der Waals surface area contributed by atoms with E-state index >= 15 is 0 Å². The SMILES string of the molecule is C[C@@H]1CN(c2ncnc3c2cnn3CCNC(=O)c2cccc(Cl)c2)C[C@H](C)O1. The second-order valence-corrected chi connectivity index (χ2v) is 7.67. The predicted molar refractivity (Wildman–Crippen MR) is 111 cm³/mol. The molecule has 1 aromatic carbocycles. The van der Waals surface area contributed by atoms with E-state index in [1.54, 1.807) is 41.5 Å². The Morgan fingerprint density at radius 1 is 1.28 bits per heavy atom.